The SMILES string of the molecule is Cc1c(C(C)NC(=O)C2COc3ccccc3C2)cnn1-c1ccc(F)cc1. The van der Waals surface area contributed by atoms with Gasteiger partial charge in [0.15, 0.2) is 0 Å². The molecule has 0 saturated heterocycles. The number of benzene rings is 2. The van der Waals surface area contributed by atoms with Crippen LogP contribution in [-0.2, 0) is 11.2 Å². The summed E-state index contributed by atoms with van der Waals surface area (Å²) in [7, 11) is 0. The van der Waals surface area contributed by atoms with Gasteiger partial charge < -0.3 is 10.1 Å². The lowest BCUT2D eigenvalue weighted by Gasteiger charge is -2.26. The van der Waals surface area contributed by atoms with E-state index in [0.29, 0.717) is 13.0 Å². The van der Waals surface area contributed by atoms with Crippen molar-refractivity contribution in [2.75, 3.05) is 6.61 Å². The van der Waals surface area contributed by atoms with E-state index in [1.165, 1.54) is 12.1 Å². The van der Waals surface area contributed by atoms with E-state index < -0.39 is 0 Å². The molecule has 28 heavy (non-hydrogen) atoms. The highest BCUT2D eigenvalue weighted by Gasteiger charge is 2.27. The summed E-state index contributed by atoms with van der Waals surface area (Å²) in [5, 5.41) is 7.48. The van der Waals surface area contributed by atoms with Crippen molar-refractivity contribution >= 4 is 5.91 Å². The number of amides is 1. The Labute approximate surface area is 163 Å². The molecular formula is C22H22FN3O2. The van der Waals surface area contributed by atoms with Crippen LogP contribution >= 0.6 is 0 Å². The molecule has 1 aliphatic rings. The second-order valence-corrected chi connectivity index (χ2v) is 7.12. The minimum absolute atomic E-state index is 0.0315. The fourth-order valence-electron chi connectivity index (χ4n) is 3.60. The monoisotopic (exact) mass is 379 g/mol. The first kappa shape index (κ1) is 18.2. The van der Waals surface area contributed by atoms with Gasteiger partial charge >= 0.3 is 0 Å². The summed E-state index contributed by atoms with van der Waals surface area (Å²) in [5.41, 5.74) is 3.67. The van der Waals surface area contributed by atoms with Crippen molar-refractivity contribution in [2.24, 2.45) is 5.92 Å². The number of nitrogens with zero attached hydrogens (tertiary/aromatic N) is 2. The Morgan fingerprint density at radius 2 is 2.00 bits per heavy atom. The molecule has 1 amide bonds. The smallest absolute Gasteiger partial charge is 0.227 e. The number of ether oxygens (including phenoxy) is 1. The van der Waals surface area contributed by atoms with E-state index in [-0.39, 0.29) is 23.7 Å². The zero-order chi connectivity index (χ0) is 19.7. The molecule has 1 aromatic heterocycles. The highest BCUT2D eigenvalue weighted by atomic mass is 19.1. The quantitative estimate of drug-likeness (QED) is 0.751. The topological polar surface area (TPSA) is 56.1 Å². The number of hydrogen-bond acceptors (Lipinski definition) is 3. The molecule has 144 valence electrons. The van der Waals surface area contributed by atoms with Crippen molar-refractivity contribution in [3.63, 3.8) is 0 Å². The molecule has 0 aliphatic carbocycles. The Kier molecular flexibility index (Phi) is 4.86. The lowest BCUT2D eigenvalue weighted by molar-refractivity contribution is -0.126. The standard InChI is InChI=1S/C22H22FN3O2/c1-14(20-12-24-26(15(20)2)19-9-7-18(23)8-10-19)25-22(27)17-11-16-5-3-4-6-21(16)28-13-17/h3-10,12,14,17H,11,13H2,1-2H3,(H,25,27). The average Bonchev–Trinajstić information content (AvgIpc) is 3.09. The van der Waals surface area contributed by atoms with Gasteiger partial charge in [0.25, 0.3) is 0 Å². The second-order valence-electron chi connectivity index (χ2n) is 7.12. The molecule has 1 aliphatic heterocycles. The lowest BCUT2D eigenvalue weighted by Crippen LogP contribution is -2.38. The first-order chi connectivity index (χ1) is 13.5. The molecular weight excluding hydrogens is 357 g/mol. The number of para-hydroxylation sites is 1. The molecule has 0 spiro atoms. The number of carbonyl (C=O) groups is 1. The van der Waals surface area contributed by atoms with Crippen molar-refractivity contribution < 1.29 is 13.9 Å². The average molecular weight is 379 g/mol. The van der Waals surface area contributed by atoms with Gasteiger partial charge in [-0.15, -0.1) is 0 Å². The summed E-state index contributed by atoms with van der Waals surface area (Å²) in [5.74, 6) is 0.322. The van der Waals surface area contributed by atoms with E-state index in [4.69, 9.17) is 4.74 Å². The molecule has 0 radical (unpaired) electrons. The molecule has 0 bridgehead atoms. The number of hydrogen-bond donors (Lipinski definition) is 1. The Balaban J connectivity index is 1.46. The summed E-state index contributed by atoms with van der Waals surface area (Å²) in [6.07, 6.45) is 2.42. The summed E-state index contributed by atoms with van der Waals surface area (Å²) in [4.78, 5) is 12.8. The van der Waals surface area contributed by atoms with Gasteiger partial charge in [-0.05, 0) is 56.2 Å². The molecule has 2 atom stereocenters. The molecule has 4 rings (SSSR count). The minimum Gasteiger partial charge on any atom is -0.492 e. The van der Waals surface area contributed by atoms with Gasteiger partial charge in [-0.25, -0.2) is 9.07 Å². The maximum Gasteiger partial charge on any atom is 0.227 e. The molecule has 3 aromatic rings. The van der Waals surface area contributed by atoms with Crippen LogP contribution in [0.25, 0.3) is 5.69 Å². The predicted octanol–water partition coefficient (Wildman–Crippen LogP) is 3.75. The molecule has 0 saturated carbocycles. The Morgan fingerprint density at radius 3 is 2.79 bits per heavy atom. The molecule has 2 unspecified atom stereocenters. The van der Waals surface area contributed by atoms with Crippen molar-refractivity contribution in [3.05, 3.63) is 77.4 Å². The highest BCUT2D eigenvalue weighted by Crippen LogP contribution is 2.27. The van der Waals surface area contributed by atoms with Crippen LogP contribution in [0.4, 0.5) is 4.39 Å². The number of rotatable bonds is 4. The van der Waals surface area contributed by atoms with E-state index in [0.717, 1.165) is 28.3 Å². The number of carbonyl (C=O) groups excluding carboxylic acids is 1. The van der Waals surface area contributed by atoms with E-state index in [1.807, 2.05) is 38.1 Å². The third kappa shape index (κ3) is 3.50. The Hall–Kier alpha value is -3.15. The largest absolute Gasteiger partial charge is 0.492 e. The minimum atomic E-state index is -0.286. The van der Waals surface area contributed by atoms with E-state index in [1.54, 1.807) is 23.0 Å². The molecule has 0 fully saturated rings. The number of halogens is 1. The summed E-state index contributed by atoms with van der Waals surface area (Å²) in [6.45, 7) is 4.26. The van der Waals surface area contributed by atoms with Gasteiger partial charge in [-0.3, -0.25) is 4.79 Å². The highest BCUT2D eigenvalue weighted by molar-refractivity contribution is 5.80. The summed E-state index contributed by atoms with van der Waals surface area (Å²) >= 11 is 0. The van der Waals surface area contributed by atoms with Crippen LogP contribution in [0.15, 0.2) is 54.7 Å². The lowest BCUT2D eigenvalue weighted by atomic mass is 9.95. The number of fused-ring (bicyclic) bond motifs is 1. The fourth-order valence-corrected chi connectivity index (χ4v) is 3.60. The molecule has 1 N–H and O–H groups in total. The zero-order valence-electron chi connectivity index (χ0n) is 15.9. The third-order valence-corrected chi connectivity index (χ3v) is 5.19. The van der Waals surface area contributed by atoms with Crippen LogP contribution in [0.2, 0.25) is 0 Å². The number of aromatic nitrogens is 2. The molecule has 6 heteroatoms. The van der Waals surface area contributed by atoms with Crippen LogP contribution in [0.1, 0.15) is 29.8 Å². The van der Waals surface area contributed by atoms with Crippen LogP contribution in [0.5, 0.6) is 5.75 Å². The zero-order valence-corrected chi connectivity index (χ0v) is 15.9. The second kappa shape index (κ2) is 7.46. The van der Waals surface area contributed by atoms with E-state index in [9.17, 15) is 9.18 Å². The first-order valence-corrected chi connectivity index (χ1v) is 9.34. The van der Waals surface area contributed by atoms with Gasteiger partial charge in [-0.2, -0.15) is 5.10 Å². The van der Waals surface area contributed by atoms with Crippen LogP contribution in [0.3, 0.4) is 0 Å². The molecule has 2 aromatic carbocycles. The van der Waals surface area contributed by atoms with Crippen molar-refractivity contribution in [3.8, 4) is 11.4 Å². The molecule has 5 nitrogen and oxygen atoms in total. The van der Waals surface area contributed by atoms with Gasteiger partial charge in [0.05, 0.1) is 23.8 Å². The van der Waals surface area contributed by atoms with Gasteiger partial charge in [0.2, 0.25) is 5.91 Å². The van der Waals surface area contributed by atoms with E-state index in [2.05, 4.69) is 10.4 Å². The summed E-state index contributed by atoms with van der Waals surface area (Å²) < 4.78 is 20.6. The maximum absolute atomic E-state index is 13.2. The van der Waals surface area contributed by atoms with Gasteiger partial charge in [0, 0.05) is 11.3 Å². The predicted molar refractivity (Wildman–Crippen MR) is 104 cm³/mol. The normalized spacial score (nSPS) is 16.8. The number of nitrogens with one attached hydrogen (secondary N) is 1. The van der Waals surface area contributed by atoms with Crippen LogP contribution < -0.4 is 10.1 Å². The van der Waals surface area contributed by atoms with Gasteiger partial charge in [0.1, 0.15) is 18.2 Å². The first-order valence-electron chi connectivity index (χ1n) is 9.34. The Morgan fingerprint density at radius 1 is 1.25 bits per heavy atom. The van der Waals surface area contributed by atoms with E-state index >= 15 is 0 Å². The fraction of sp³-hybridized carbons (Fsp3) is 0.273. The molecule has 2 heterocycles. The van der Waals surface area contributed by atoms with Crippen LogP contribution in [0, 0.1) is 18.7 Å². The van der Waals surface area contributed by atoms with Crippen molar-refractivity contribution in [2.45, 2.75) is 26.3 Å². The van der Waals surface area contributed by atoms with Crippen molar-refractivity contribution in [1.29, 1.82) is 0 Å². The maximum atomic E-state index is 13.2. The summed E-state index contributed by atoms with van der Waals surface area (Å²) in [6, 6.07) is 13.8. The Bertz CT molecular complexity index is 997. The third-order valence-electron chi connectivity index (χ3n) is 5.19. The van der Waals surface area contributed by atoms with Crippen molar-refractivity contribution in [1.82, 2.24) is 15.1 Å². The van der Waals surface area contributed by atoms with Gasteiger partial charge in [-0.1, -0.05) is 18.2 Å². The van der Waals surface area contributed by atoms with Crippen LogP contribution in [-0.4, -0.2) is 22.3 Å².